The van der Waals surface area contributed by atoms with E-state index in [2.05, 4.69) is 0 Å². The molecule has 1 aromatic rings. The number of carbonyl (C=O) groups is 1. The second-order valence-electron chi connectivity index (χ2n) is 4.64. The van der Waals surface area contributed by atoms with E-state index in [4.69, 9.17) is 9.84 Å². The Morgan fingerprint density at radius 3 is 2.41 bits per heavy atom. The van der Waals surface area contributed by atoms with Crippen LogP contribution in [0, 0.1) is 5.92 Å². The van der Waals surface area contributed by atoms with Crippen molar-refractivity contribution in [2.75, 3.05) is 6.61 Å². The molecule has 17 heavy (non-hydrogen) atoms. The Hall–Kier alpha value is -1.51. The van der Waals surface area contributed by atoms with E-state index in [0.717, 1.165) is 12.4 Å². The molecule has 3 nitrogen and oxygen atoms in total. The molecule has 3 heteroatoms. The molecule has 0 aromatic heterocycles. The fraction of sp³-hybridized carbons (Fsp3) is 0.500. The van der Waals surface area contributed by atoms with E-state index in [0.29, 0.717) is 11.5 Å². The Labute approximate surface area is 101 Å². The summed E-state index contributed by atoms with van der Waals surface area (Å²) in [5.41, 5.74) is 0.301. The maximum absolute atomic E-state index is 10.7. The van der Waals surface area contributed by atoms with Crippen LogP contribution >= 0.6 is 0 Å². The molecule has 1 aliphatic carbocycles. The Morgan fingerprint density at radius 2 is 1.82 bits per heavy atom. The highest BCUT2D eigenvalue weighted by molar-refractivity contribution is 5.87. The molecule has 1 aliphatic rings. The molecule has 0 saturated heterocycles. The molecule has 92 valence electrons. The molecule has 0 radical (unpaired) electrons. The van der Waals surface area contributed by atoms with Gasteiger partial charge in [0, 0.05) is 0 Å². The second kappa shape index (κ2) is 5.71. The summed E-state index contributed by atoms with van der Waals surface area (Å²) in [5, 5.41) is 8.77. The van der Waals surface area contributed by atoms with Gasteiger partial charge in [-0.05, 0) is 43.0 Å². The van der Waals surface area contributed by atoms with Gasteiger partial charge in [-0.2, -0.15) is 0 Å². The standard InChI is InChI=1S/C14H18O3/c15-14(16)12-6-8-13(9-7-12)17-10-11-4-2-1-3-5-11/h6-9,11H,1-5,10H2,(H,15,16). The van der Waals surface area contributed by atoms with Crippen LogP contribution in [0.15, 0.2) is 24.3 Å². The molecule has 0 spiro atoms. The molecular formula is C14H18O3. The summed E-state index contributed by atoms with van der Waals surface area (Å²) in [4.78, 5) is 10.7. The van der Waals surface area contributed by atoms with Gasteiger partial charge in [0.25, 0.3) is 0 Å². The van der Waals surface area contributed by atoms with Crippen LogP contribution in [0.1, 0.15) is 42.5 Å². The van der Waals surface area contributed by atoms with Crippen molar-refractivity contribution in [2.45, 2.75) is 32.1 Å². The Bertz CT molecular complexity index is 364. The number of carboxylic acids is 1. The lowest BCUT2D eigenvalue weighted by Crippen LogP contribution is -2.15. The zero-order valence-corrected chi connectivity index (χ0v) is 9.89. The van der Waals surface area contributed by atoms with Gasteiger partial charge >= 0.3 is 5.97 Å². The minimum absolute atomic E-state index is 0.301. The van der Waals surface area contributed by atoms with Crippen molar-refractivity contribution >= 4 is 5.97 Å². The zero-order chi connectivity index (χ0) is 12.1. The molecule has 1 N–H and O–H groups in total. The predicted molar refractivity (Wildman–Crippen MR) is 65.5 cm³/mol. The molecule has 0 heterocycles. The average molecular weight is 234 g/mol. The van der Waals surface area contributed by atoms with E-state index in [1.807, 2.05) is 0 Å². The first-order chi connectivity index (χ1) is 8.25. The van der Waals surface area contributed by atoms with Crippen LogP contribution < -0.4 is 4.74 Å². The summed E-state index contributed by atoms with van der Waals surface area (Å²) < 4.78 is 5.69. The lowest BCUT2D eigenvalue weighted by atomic mass is 9.90. The summed E-state index contributed by atoms with van der Waals surface area (Å²) in [5.74, 6) is 0.535. The minimum Gasteiger partial charge on any atom is -0.493 e. The van der Waals surface area contributed by atoms with E-state index < -0.39 is 5.97 Å². The van der Waals surface area contributed by atoms with Crippen LogP contribution in [0.4, 0.5) is 0 Å². The third-order valence-corrected chi connectivity index (χ3v) is 3.31. The Morgan fingerprint density at radius 1 is 1.18 bits per heavy atom. The van der Waals surface area contributed by atoms with Crippen molar-refractivity contribution in [3.8, 4) is 5.75 Å². The summed E-state index contributed by atoms with van der Waals surface area (Å²) in [6.45, 7) is 0.756. The van der Waals surface area contributed by atoms with E-state index in [9.17, 15) is 4.79 Å². The van der Waals surface area contributed by atoms with Gasteiger partial charge in [0.05, 0.1) is 12.2 Å². The van der Waals surface area contributed by atoms with Gasteiger partial charge in [-0.1, -0.05) is 19.3 Å². The quantitative estimate of drug-likeness (QED) is 0.869. The highest BCUT2D eigenvalue weighted by Gasteiger charge is 2.13. The molecule has 1 fully saturated rings. The number of hydrogen-bond donors (Lipinski definition) is 1. The van der Waals surface area contributed by atoms with Crippen molar-refractivity contribution in [3.05, 3.63) is 29.8 Å². The van der Waals surface area contributed by atoms with Gasteiger partial charge in [-0.25, -0.2) is 4.79 Å². The van der Waals surface area contributed by atoms with Crippen molar-refractivity contribution < 1.29 is 14.6 Å². The summed E-state index contributed by atoms with van der Waals surface area (Å²) in [6.07, 6.45) is 6.49. The Kier molecular flexibility index (Phi) is 4.02. The fourth-order valence-electron chi connectivity index (χ4n) is 2.26. The largest absolute Gasteiger partial charge is 0.493 e. The van der Waals surface area contributed by atoms with Crippen LogP contribution in [-0.2, 0) is 0 Å². The van der Waals surface area contributed by atoms with Gasteiger partial charge in [0.1, 0.15) is 5.75 Å². The first-order valence-electron chi connectivity index (χ1n) is 6.22. The number of rotatable bonds is 4. The topological polar surface area (TPSA) is 46.5 Å². The van der Waals surface area contributed by atoms with E-state index in [1.54, 1.807) is 24.3 Å². The number of carboxylic acid groups (broad SMARTS) is 1. The molecule has 1 aromatic carbocycles. The average Bonchev–Trinajstić information content (AvgIpc) is 2.38. The lowest BCUT2D eigenvalue weighted by Gasteiger charge is -2.21. The molecule has 0 unspecified atom stereocenters. The van der Waals surface area contributed by atoms with Crippen molar-refractivity contribution in [3.63, 3.8) is 0 Å². The smallest absolute Gasteiger partial charge is 0.335 e. The molecule has 0 amide bonds. The van der Waals surface area contributed by atoms with Crippen molar-refractivity contribution in [1.82, 2.24) is 0 Å². The van der Waals surface area contributed by atoms with E-state index in [-0.39, 0.29) is 0 Å². The molecular weight excluding hydrogens is 216 g/mol. The van der Waals surface area contributed by atoms with Gasteiger partial charge in [0.15, 0.2) is 0 Å². The maximum atomic E-state index is 10.7. The van der Waals surface area contributed by atoms with Crippen LogP contribution in [-0.4, -0.2) is 17.7 Å². The molecule has 0 atom stereocenters. The lowest BCUT2D eigenvalue weighted by molar-refractivity contribution is 0.0697. The highest BCUT2D eigenvalue weighted by Crippen LogP contribution is 2.24. The predicted octanol–water partition coefficient (Wildman–Crippen LogP) is 3.34. The third kappa shape index (κ3) is 3.48. The number of benzene rings is 1. The summed E-state index contributed by atoms with van der Waals surface area (Å²) in [6, 6.07) is 6.62. The van der Waals surface area contributed by atoms with Crippen LogP contribution in [0.25, 0.3) is 0 Å². The van der Waals surface area contributed by atoms with Crippen LogP contribution in [0.3, 0.4) is 0 Å². The molecule has 0 bridgehead atoms. The molecule has 0 aliphatic heterocycles. The summed E-state index contributed by atoms with van der Waals surface area (Å²) >= 11 is 0. The Balaban J connectivity index is 1.84. The highest BCUT2D eigenvalue weighted by atomic mass is 16.5. The molecule has 2 rings (SSSR count). The van der Waals surface area contributed by atoms with Gasteiger partial charge in [-0.15, -0.1) is 0 Å². The van der Waals surface area contributed by atoms with Gasteiger partial charge in [0.2, 0.25) is 0 Å². The van der Waals surface area contributed by atoms with Crippen LogP contribution in [0.2, 0.25) is 0 Å². The second-order valence-corrected chi connectivity index (χ2v) is 4.64. The van der Waals surface area contributed by atoms with Crippen molar-refractivity contribution in [2.24, 2.45) is 5.92 Å². The van der Waals surface area contributed by atoms with Crippen molar-refractivity contribution in [1.29, 1.82) is 0 Å². The van der Waals surface area contributed by atoms with E-state index in [1.165, 1.54) is 32.1 Å². The van der Waals surface area contributed by atoms with Gasteiger partial charge < -0.3 is 9.84 Å². The monoisotopic (exact) mass is 234 g/mol. The fourth-order valence-corrected chi connectivity index (χ4v) is 2.26. The third-order valence-electron chi connectivity index (χ3n) is 3.31. The number of hydrogen-bond acceptors (Lipinski definition) is 2. The molecule has 1 saturated carbocycles. The number of aromatic carboxylic acids is 1. The SMILES string of the molecule is O=C(O)c1ccc(OCC2CCCCC2)cc1. The first-order valence-corrected chi connectivity index (χ1v) is 6.22. The summed E-state index contributed by atoms with van der Waals surface area (Å²) in [7, 11) is 0. The normalized spacial score (nSPS) is 16.7. The van der Waals surface area contributed by atoms with Gasteiger partial charge in [-0.3, -0.25) is 0 Å². The first kappa shape index (κ1) is 12.0. The van der Waals surface area contributed by atoms with E-state index >= 15 is 0 Å². The number of ether oxygens (including phenoxy) is 1. The minimum atomic E-state index is -0.899. The maximum Gasteiger partial charge on any atom is 0.335 e. The van der Waals surface area contributed by atoms with Crippen LogP contribution in [0.5, 0.6) is 5.75 Å². The zero-order valence-electron chi connectivity index (χ0n) is 9.89.